The molecule has 1 atom stereocenters. The summed E-state index contributed by atoms with van der Waals surface area (Å²) in [6.45, 7) is 3.14. The molecule has 2 N–H and O–H groups in total. The summed E-state index contributed by atoms with van der Waals surface area (Å²) in [4.78, 5) is 22.5. The quantitative estimate of drug-likeness (QED) is 0.656. The van der Waals surface area contributed by atoms with Gasteiger partial charge in [-0.05, 0) is 32.4 Å². The number of carbonyl (C=O) groups is 1. The van der Waals surface area contributed by atoms with Gasteiger partial charge in [0.1, 0.15) is 11.5 Å². The average Bonchev–Trinajstić information content (AvgIpc) is 2.39. The first-order valence-corrected chi connectivity index (χ1v) is 6.38. The first kappa shape index (κ1) is 14.4. The van der Waals surface area contributed by atoms with Crippen molar-refractivity contribution in [3.8, 4) is 0 Å². The minimum Gasteiger partial charge on any atom is -0.320 e. The Kier molecular flexibility index (Phi) is 3.99. The molecule has 1 heterocycles. The summed E-state index contributed by atoms with van der Waals surface area (Å²) >= 11 is 0. The molecule has 0 aromatic heterocycles. The highest BCUT2D eigenvalue weighted by atomic mass is 19.1. The van der Waals surface area contributed by atoms with Crippen molar-refractivity contribution < 1.29 is 14.1 Å². The van der Waals surface area contributed by atoms with Gasteiger partial charge < -0.3 is 10.6 Å². The molecule has 7 heteroatoms. The SMILES string of the molecule is CC1(C(=O)Nc2cc(F)ccc2[N+](=O)[O-])CCCNC1. The van der Waals surface area contributed by atoms with Crippen LogP contribution in [0.4, 0.5) is 15.8 Å². The Morgan fingerprint density at radius 2 is 2.30 bits per heavy atom. The monoisotopic (exact) mass is 281 g/mol. The van der Waals surface area contributed by atoms with E-state index in [4.69, 9.17) is 0 Å². The zero-order valence-corrected chi connectivity index (χ0v) is 11.1. The number of amides is 1. The van der Waals surface area contributed by atoms with Crippen LogP contribution in [-0.2, 0) is 4.79 Å². The zero-order valence-electron chi connectivity index (χ0n) is 11.1. The third-order valence-corrected chi connectivity index (χ3v) is 3.55. The summed E-state index contributed by atoms with van der Waals surface area (Å²) in [5.41, 5.74) is -1.06. The molecule has 0 bridgehead atoms. The van der Waals surface area contributed by atoms with Gasteiger partial charge in [0.15, 0.2) is 0 Å². The molecule has 1 amide bonds. The van der Waals surface area contributed by atoms with Gasteiger partial charge >= 0.3 is 0 Å². The molecule has 0 spiro atoms. The fraction of sp³-hybridized carbons (Fsp3) is 0.462. The van der Waals surface area contributed by atoms with Crippen LogP contribution in [-0.4, -0.2) is 23.9 Å². The standard InChI is InChI=1S/C13H16FN3O3/c1-13(5-2-6-15-8-13)12(18)16-10-7-9(14)3-4-11(10)17(19)20/h3-4,7,15H,2,5-6,8H2,1H3,(H,16,18). The van der Waals surface area contributed by atoms with Crippen molar-refractivity contribution in [1.29, 1.82) is 0 Å². The van der Waals surface area contributed by atoms with Crippen LogP contribution in [0.1, 0.15) is 19.8 Å². The van der Waals surface area contributed by atoms with Crippen molar-refractivity contribution in [1.82, 2.24) is 5.32 Å². The molecule has 1 aromatic rings. The second-order valence-corrected chi connectivity index (χ2v) is 5.21. The van der Waals surface area contributed by atoms with Crippen LogP contribution in [0, 0.1) is 21.3 Å². The predicted molar refractivity (Wildman–Crippen MR) is 71.9 cm³/mol. The Hall–Kier alpha value is -2.02. The third kappa shape index (κ3) is 2.93. The Morgan fingerprint density at radius 1 is 1.55 bits per heavy atom. The van der Waals surface area contributed by atoms with Gasteiger partial charge in [0.05, 0.1) is 10.3 Å². The Balaban J connectivity index is 2.23. The Labute approximate surface area is 115 Å². The molecule has 1 aliphatic rings. The van der Waals surface area contributed by atoms with Gasteiger partial charge in [-0.25, -0.2) is 4.39 Å². The van der Waals surface area contributed by atoms with Gasteiger partial charge in [0, 0.05) is 18.7 Å². The lowest BCUT2D eigenvalue weighted by molar-refractivity contribution is -0.384. The molecule has 1 saturated heterocycles. The summed E-state index contributed by atoms with van der Waals surface area (Å²) in [6, 6.07) is 3.01. The highest BCUT2D eigenvalue weighted by Crippen LogP contribution is 2.30. The summed E-state index contributed by atoms with van der Waals surface area (Å²) in [5, 5.41) is 16.5. The highest BCUT2D eigenvalue weighted by Gasteiger charge is 2.35. The summed E-state index contributed by atoms with van der Waals surface area (Å²) in [7, 11) is 0. The second kappa shape index (κ2) is 5.54. The Bertz CT molecular complexity index is 542. The highest BCUT2D eigenvalue weighted by molar-refractivity contribution is 5.97. The van der Waals surface area contributed by atoms with Gasteiger partial charge in [-0.2, -0.15) is 0 Å². The van der Waals surface area contributed by atoms with E-state index >= 15 is 0 Å². The maximum Gasteiger partial charge on any atom is 0.292 e. The predicted octanol–water partition coefficient (Wildman–Crippen LogP) is 2.06. The molecule has 6 nitrogen and oxygen atoms in total. The van der Waals surface area contributed by atoms with Gasteiger partial charge in [0.2, 0.25) is 5.91 Å². The number of rotatable bonds is 3. The van der Waals surface area contributed by atoms with E-state index in [9.17, 15) is 19.3 Å². The molecule has 1 fully saturated rings. The smallest absolute Gasteiger partial charge is 0.292 e. The number of nitro benzene ring substituents is 1. The third-order valence-electron chi connectivity index (χ3n) is 3.55. The van der Waals surface area contributed by atoms with Crippen LogP contribution >= 0.6 is 0 Å². The number of nitro groups is 1. The number of hydrogen-bond acceptors (Lipinski definition) is 4. The summed E-state index contributed by atoms with van der Waals surface area (Å²) in [6.07, 6.45) is 1.55. The number of piperidine rings is 1. The minimum atomic E-state index is -0.642. The fourth-order valence-electron chi connectivity index (χ4n) is 2.29. The lowest BCUT2D eigenvalue weighted by Gasteiger charge is -2.32. The van der Waals surface area contributed by atoms with Crippen molar-refractivity contribution in [2.24, 2.45) is 5.41 Å². The Morgan fingerprint density at radius 3 is 2.90 bits per heavy atom. The summed E-state index contributed by atoms with van der Waals surface area (Å²) in [5.74, 6) is -0.962. The largest absolute Gasteiger partial charge is 0.320 e. The van der Waals surface area contributed by atoms with Crippen LogP contribution < -0.4 is 10.6 Å². The second-order valence-electron chi connectivity index (χ2n) is 5.21. The van der Waals surface area contributed by atoms with E-state index in [-0.39, 0.29) is 17.3 Å². The van der Waals surface area contributed by atoms with Crippen molar-refractivity contribution >= 4 is 17.3 Å². The number of carbonyl (C=O) groups excluding carboxylic acids is 1. The van der Waals surface area contributed by atoms with Crippen molar-refractivity contribution in [2.75, 3.05) is 18.4 Å². The molecular formula is C13H16FN3O3. The molecule has 1 unspecified atom stereocenters. The van der Waals surface area contributed by atoms with Crippen LogP contribution in [0.3, 0.4) is 0 Å². The summed E-state index contributed by atoms with van der Waals surface area (Å²) < 4.78 is 13.2. The molecule has 1 aliphatic heterocycles. The molecule has 0 radical (unpaired) electrons. The number of hydrogen-bond donors (Lipinski definition) is 2. The van der Waals surface area contributed by atoms with E-state index in [0.29, 0.717) is 13.0 Å². The normalized spacial score (nSPS) is 22.3. The lowest BCUT2D eigenvalue weighted by Crippen LogP contribution is -2.46. The van der Waals surface area contributed by atoms with Crippen molar-refractivity contribution in [2.45, 2.75) is 19.8 Å². The fourth-order valence-corrected chi connectivity index (χ4v) is 2.29. The van der Waals surface area contributed by atoms with E-state index in [2.05, 4.69) is 10.6 Å². The average molecular weight is 281 g/mol. The van der Waals surface area contributed by atoms with E-state index in [0.717, 1.165) is 31.2 Å². The van der Waals surface area contributed by atoms with Crippen molar-refractivity contribution in [3.05, 3.63) is 34.1 Å². The van der Waals surface area contributed by atoms with E-state index in [1.807, 2.05) is 0 Å². The van der Waals surface area contributed by atoms with Crippen LogP contribution in [0.25, 0.3) is 0 Å². The van der Waals surface area contributed by atoms with Gasteiger partial charge in [-0.3, -0.25) is 14.9 Å². The first-order chi connectivity index (χ1) is 9.42. The molecular weight excluding hydrogens is 265 g/mol. The topological polar surface area (TPSA) is 84.3 Å². The lowest BCUT2D eigenvalue weighted by atomic mass is 9.82. The minimum absolute atomic E-state index is 0.105. The number of anilines is 1. The van der Waals surface area contributed by atoms with Gasteiger partial charge in [0.25, 0.3) is 5.69 Å². The number of nitrogens with zero attached hydrogens (tertiary/aromatic N) is 1. The van der Waals surface area contributed by atoms with E-state index in [1.54, 1.807) is 6.92 Å². The first-order valence-electron chi connectivity index (χ1n) is 6.38. The van der Waals surface area contributed by atoms with E-state index < -0.39 is 16.2 Å². The van der Waals surface area contributed by atoms with Gasteiger partial charge in [-0.15, -0.1) is 0 Å². The molecule has 108 valence electrons. The number of nitrogens with one attached hydrogen (secondary N) is 2. The molecule has 2 rings (SSSR count). The van der Waals surface area contributed by atoms with E-state index in [1.165, 1.54) is 0 Å². The molecule has 1 aromatic carbocycles. The maximum absolute atomic E-state index is 13.2. The van der Waals surface area contributed by atoms with Crippen LogP contribution in [0.2, 0.25) is 0 Å². The maximum atomic E-state index is 13.2. The van der Waals surface area contributed by atoms with Crippen molar-refractivity contribution in [3.63, 3.8) is 0 Å². The van der Waals surface area contributed by atoms with Crippen LogP contribution in [0.5, 0.6) is 0 Å². The van der Waals surface area contributed by atoms with Crippen LogP contribution in [0.15, 0.2) is 18.2 Å². The molecule has 0 saturated carbocycles. The molecule has 20 heavy (non-hydrogen) atoms. The van der Waals surface area contributed by atoms with Gasteiger partial charge in [-0.1, -0.05) is 0 Å². The zero-order chi connectivity index (χ0) is 14.8. The number of benzene rings is 1. The number of halogens is 1. The molecule has 0 aliphatic carbocycles.